The number of hydrogen-bond donors (Lipinski definition) is 2. The first-order valence-corrected chi connectivity index (χ1v) is 7.31. The molecule has 0 aliphatic rings. The zero-order valence-electron chi connectivity index (χ0n) is 13.7. The maximum absolute atomic E-state index is 9.98. The van der Waals surface area contributed by atoms with Crippen molar-refractivity contribution in [2.75, 3.05) is 13.2 Å². The molecule has 0 spiro atoms. The van der Waals surface area contributed by atoms with Gasteiger partial charge in [0.2, 0.25) is 0 Å². The summed E-state index contributed by atoms with van der Waals surface area (Å²) < 4.78 is 5.68. The number of benzene rings is 1. The highest BCUT2D eigenvalue weighted by Crippen LogP contribution is 2.19. The van der Waals surface area contributed by atoms with Crippen molar-refractivity contribution in [1.82, 2.24) is 5.32 Å². The van der Waals surface area contributed by atoms with E-state index in [1.807, 2.05) is 19.1 Å². The second-order valence-electron chi connectivity index (χ2n) is 6.73. The topological polar surface area (TPSA) is 41.5 Å². The van der Waals surface area contributed by atoms with Gasteiger partial charge in [0.15, 0.2) is 0 Å². The molecule has 1 aromatic carbocycles. The molecule has 1 aromatic rings. The fourth-order valence-electron chi connectivity index (χ4n) is 1.83. The summed E-state index contributed by atoms with van der Waals surface area (Å²) in [4.78, 5) is 0. The number of ether oxygens (including phenoxy) is 1. The molecular formula is C17H29NO2. The lowest BCUT2D eigenvalue weighted by Gasteiger charge is -2.29. The van der Waals surface area contributed by atoms with Gasteiger partial charge in [0.25, 0.3) is 0 Å². The molecule has 2 N–H and O–H groups in total. The van der Waals surface area contributed by atoms with Crippen molar-refractivity contribution in [1.29, 1.82) is 0 Å². The number of aliphatic hydroxyl groups excluding tert-OH is 1. The molecule has 0 aliphatic heterocycles. The van der Waals surface area contributed by atoms with Crippen molar-refractivity contribution in [2.45, 2.75) is 53.7 Å². The van der Waals surface area contributed by atoms with Gasteiger partial charge in [-0.15, -0.1) is 0 Å². The summed E-state index contributed by atoms with van der Waals surface area (Å²) in [6, 6.07) is 6.41. The molecule has 20 heavy (non-hydrogen) atoms. The molecule has 0 saturated heterocycles. The van der Waals surface area contributed by atoms with Crippen LogP contribution in [0.1, 0.15) is 38.8 Å². The Morgan fingerprint density at radius 2 is 1.90 bits per heavy atom. The summed E-state index contributed by atoms with van der Waals surface area (Å²) in [6.07, 6.45) is -0.500. The fraction of sp³-hybridized carbons (Fsp3) is 0.647. The summed E-state index contributed by atoms with van der Waals surface area (Å²) in [5.41, 5.74) is 2.51. The predicted molar refractivity (Wildman–Crippen MR) is 84.3 cm³/mol. The van der Waals surface area contributed by atoms with Crippen LogP contribution in [0.2, 0.25) is 0 Å². The molecule has 0 unspecified atom stereocenters. The Balaban J connectivity index is 2.38. The van der Waals surface area contributed by atoms with Crippen molar-refractivity contribution >= 4 is 0 Å². The molecule has 0 aromatic heterocycles. The zero-order chi connectivity index (χ0) is 15.3. The van der Waals surface area contributed by atoms with Crippen LogP contribution in [0.4, 0.5) is 0 Å². The minimum atomic E-state index is -0.500. The average molecular weight is 279 g/mol. The third kappa shape index (κ3) is 5.51. The standard InChI is InChI=1S/C17H29NO2/c1-12-7-8-16(13(2)9-12)20-11-15(19)10-18-14(3)17(4,5)6/h7-9,14-15,18-19H,10-11H2,1-6H3/t14-,15+/m1/s1. The lowest BCUT2D eigenvalue weighted by Crippen LogP contribution is -2.42. The van der Waals surface area contributed by atoms with Crippen LogP contribution in [0.3, 0.4) is 0 Å². The molecule has 0 saturated carbocycles. The Labute approximate surface area is 123 Å². The number of nitrogens with one attached hydrogen (secondary N) is 1. The van der Waals surface area contributed by atoms with Gasteiger partial charge in [0, 0.05) is 12.6 Å². The van der Waals surface area contributed by atoms with E-state index in [1.165, 1.54) is 5.56 Å². The van der Waals surface area contributed by atoms with Crippen LogP contribution in [-0.4, -0.2) is 30.4 Å². The van der Waals surface area contributed by atoms with Gasteiger partial charge in [-0.05, 0) is 37.8 Å². The number of aryl methyl sites for hydroxylation is 2. The smallest absolute Gasteiger partial charge is 0.122 e. The van der Waals surface area contributed by atoms with Crippen molar-refractivity contribution < 1.29 is 9.84 Å². The van der Waals surface area contributed by atoms with E-state index in [1.54, 1.807) is 0 Å². The summed E-state index contributed by atoms with van der Waals surface area (Å²) in [7, 11) is 0. The van der Waals surface area contributed by atoms with Crippen LogP contribution in [-0.2, 0) is 0 Å². The van der Waals surface area contributed by atoms with Crippen LogP contribution in [0.25, 0.3) is 0 Å². The molecule has 2 atom stereocenters. The van der Waals surface area contributed by atoms with Crippen LogP contribution in [0.15, 0.2) is 18.2 Å². The number of rotatable bonds is 6. The average Bonchev–Trinajstić information content (AvgIpc) is 2.33. The highest BCUT2D eigenvalue weighted by Gasteiger charge is 2.20. The van der Waals surface area contributed by atoms with Gasteiger partial charge in [-0.25, -0.2) is 0 Å². The molecule has 0 heterocycles. The third-order valence-corrected chi connectivity index (χ3v) is 3.72. The molecule has 1 rings (SSSR count). The van der Waals surface area contributed by atoms with Crippen LogP contribution in [0.5, 0.6) is 5.75 Å². The molecule has 0 aliphatic carbocycles. The molecule has 0 radical (unpaired) electrons. The first-order chi connectivity index (χ1) is 9.20. The normalized spacial score (nSPS) is 14.9. The first kappa shape index (κ1) is 17.0. The van der Waals surface area contributed by atoms with Crippen molar-refractivity contribution in [3.63, 3.8) is 0 Å². The Hall–Kier alpha value is -1.06. The van der Waals surface area contributed by atoms with Gasteiger partial charge < -0.3 is 15.2 Å². The highest BCUT2D eigenvalue weighted by atomic mass is 16.5. The lowest BCUT2D eigenvalue weighted by atomic mass is 9.88. The molecule has 114 valence electrons. The number of hydrogen-bond acceptors (Lipinski definition) is 3. The minimum Gasteiger partial charge on any atom is -0.491 e. The van der Waals surface area contributed by atoms with Crippen molar-refractivity contribution in [2.24, 2.45) is 5.41 Å². The van der Waals surface area contributed by atoms with E-state index in [4.69, 9.17) is 4.74 Å². The quantitative estimate of drug-likeness (QED) is 0.841. The molecule has 0 amide bonds. The van der Waals surface area contributed by atoms with E-state index >= 15 is 0 Å². The van der Waals surface area contributed by atoms with E-state index in [2.05, 4.69) is 46.0 Å². The maximum atomic E-state index is 9.98. The summed E-state index contributed by atoms with van der Waals surface area (Å²) in [5.74, 6) is 0.846. The summed E-state index contributed by atoms with van der Waals surface area (Å²) in [6.45, 7) is 13.6. The van der Waals surface area contributed by atoms with E-state index < -0.39 is 6.10 Å². The molecule has 3 heteroatoms. The Morgan fingerprint density at radius 1 is 1.25 bits per heavy atom. The van der Waals surface area contributed by atoms with Gasteiger partial charge in [-0.3, -0.25) is 0 Å². The first-order valence-electron chi connectivity index (χ1n) is 7.31. The van der Waals surface area contributed by atoms with Crippen LogP contribution < -0.4 is 10.1 Å². The van der Waals surface area contributed by atoms with E-state index in [0.717, 1.165) is 11.3 Å². The van der Waals surface area contributed by atoms with Gasteiger partial charge >= 0.3 is 0 Å². The molecule has 3 nitrogen and oxygen atoms in total. The van der Waals surface area contributed by atoms with Gasteiger partial charge in [0.05, 0.1) is 0 Å². The molecular weight excluding hydrogens is 250 g/mol. The minimum absolute atomic E-state index is 0.189. The van der Waals surface area contributed by atoms with Gasteiger partial charge in [-0.1, -0.05) is 38.5 Å². The second kappa shape index (κ2) is 7.09. The van der Waals surface area contributed by atoms with Crippen LogP contribution in [0, 0.1) is 19.3 Å². The Kier molecular flexibility index (Phi) is 6.03. The number of aliphatic hydroxyl groups is 1. The lowest BCUT2D eigenvalue weighted by molar-refractivity contribution is 0.0983. The molecule has 0 fully saturated rings. The fourth-order valence-corrected chi connectivity index (χ4v) is 1.83. The van der Waals surface area contributed by atoms with Crippen molar-refractivity contribution in [3.8, 4) is 5.75 Å². The predicted octanol–water partition coefficient (Wildman–Crippen LogP) is 3.07. The van der Waals surface area contributed by atoms with Gasteiger partial charge in [-0.2, -0.15) is 0 Å². The SMILES string of the molecule is Cc1ccc(OC[C@@H](O)CN[C@H](C)C(C)(C)C)c(C)c1. The van der Waals surface area contributed by atoms with Crippen LogP contribution >= 0.6 is 0 Å². The Morgan fingerprint density at radius 3 is 2.45 bits per heavy atom. The maximum Gasteiger partial charge on any atom is 0.122 e. The summed E-state index contributed by atoms with van der Waals surface area (Å²) >= 11 is 0. The highest BCUT2D eigenvalue weighted by molar-refractivity contribution is 5.35. The van der Waals surface area contributed by atoms with Gasteiger partial charge in [0.1, 0.15) is 18.5 Å². The second-order valence-corrected chi connectivity index (χ2v) is 6.73. The van der Waals surface area contributed by atoms with E-state index in [9.17, 15) is 5.11 Å². The third-order valence-electron chi connectivity index (χ3n) is 3.72. The molecule has 0 bridgehead atoms. The van der Waals surface area contributed by atoms with E-state index in [-0.39, 0.29) is 5.41 Å². The Bertz CT molecular complexity index is 423. The zero-order valence-corrected chi connectivity index (χ0v) is 13.7. The van der Waals surface area contributed by atoms with E-state index in [0.29, 0.717) is 19.2 Å². The monoisotopic (exact) mass is 279 g/mol. The largest absolute Gasteiger partial charge is 0.491 e. The van der Waals surface area contributed by atoms with Crippen molar-refractivity contribution in [3.05, 3.63) is 29.3 Å². The summed E-state index contributed by atoms with van der Waals surface area (Å²) in [5, 5.41) is 13.3.